The van der Waals surface area contributed by atoms with Gasteiger partial charge in [-0.15, -0.1) is 0 Å². The Labute approximate surface area is 91.4 Å². The summed E-state index contributed by atoms with van der Waals surface area (Å²) in [6.07, 6.45) is 0.737. The molecule has 16 heavy (non-hydrogen) atoms. The van der Waals surface area contributed by atoms with Crippen LogP contribution in [0.3, 0.4) is 0 Å². The normalized spacial score (nSPS) is 10.6. The van der Waals surface area contributed by atoms with Gasteiger partial charge in [0.15, 0.2) is 6.29 Å². The fraction of sp³-hybridized carbons (Fsp3) is 0.182. The molecule has 2 rings (SSSR count). The number of hydrogen-bond acceptors (Lipinski definition) is 3. The Morgan fingerprint density at radius 2 is 2.12 bits per heavy atom. The van der Waals surface area contributed by atoms with Gasteiger partial charge in [-0.3, -0.25) is 14.9 Å². The lowest BCUT2D eigenvalue weighted by molar-refractivity contribution is -0.384. The van der Waals surface area contributed by atoms with Crippen LogP contribution in [0.2, 0.25) is 0 Å². The van der Waals surface area contributed by atoms with Crippen molar-refractivity contribution in [3.8, 4) is 0 Å². The van der Waals surface area contributed by atoms with E-state index in [1.54, 1.807) is 6.07 Å². The minimum Gasteiger partial charge on any atom is -0.347 e. The fourth-order valence-corrected chi connectivity index (χ4v) is 1.85. The zero-order chi connectivity index (χ0) is 11.9. The number of nitrogens with zero attached hydrogens (tertiary/aromatic N) is 2. The molecule has 0 aliphatic carbocycles. The molecule has 0 unspecified atom stereocenters. The number of nitro groups is 1. The van der Waals surface area contributed by atoms with Crippen LogP contribution in [0.15, 0.2) is 18.2 Å². The van der Waals surface area contributed by atoms with E-state index >= 15 is 0 Å². The predicted octanol–water partition coefficient (Wildman–Crippen LogP) is 2.21. The molecule has 0 amide bonds. The van der Waals surface area contributed by atoms with Crippen LogP contribution in [0.1, 0.15) is 16.1 Å². The van der Waals surface area contributed by atoms with Crippen LogP contribution in [0.4, 0.5) is 5.69 Å². The quantitative estimate of drug-likeness (QED) is 0.441. The molecule has 0 saturated heterocycles. The topological polar surface area (TPSA) is 65.1 Å². The summed E-state index contributed by atoms with van der Waals surface area (Å²) in [6, 6.07) is 4.54. The van der Waals surface area contributed by atoms with Crippen molar-refractivity contribution in [2.75, 3.05) is 0 Å². The monoisotopic (exact) mass is 218 g/mol. The molecule has 1 aromatic carbocycles. The van der Waals surface area contributed by atoms with E-state index in [1.165, 1.54) is 12.1 Å². The van der Waals surface area contributed by atoms with Gasteiger partial charge in [-0.2, -0.15) is 0 Å². The van der Waals surface area contributed by atoms with E-state index in [4.69, 9.17) is 0 Å². The molecule has 82 valence electrons. The van der Waals surface area contributed by atoms with E-state index in [9.17, 15) is 14.9 Å². The van der Waals surface area contributed by atoms with E-state index in [0.717, 1.165) is 17.5 Å². The summed E-state index contributed by atoms with van der Waals surface area (Å²) in [7, 11) is 1.83. The largest absolute Gasteiger partial charge is 0.347 e. The van der Waals surface area contributed by atoms with Gasteiger partial charge >= 0.3 is 0 Å². The number of aryl methyl sites for hydroxylation is 1. The van der Waals surface area contributed by atoms with Crippen molar-refractivity contribution in [2.45, 2.75) is 6.92 Å². The van der Waals surface area contributed by atoms with Crippen molar-refractivity contribution in [3.63, 3.8) is 0 Å². The number of aldehydes is 1. The second kappa shape index (κ2) is 3.44. The first-order valence-corrected chi connectivity index (χ1v) is 4.75. The zero-order valence-corrected chi connectivity index (χ0v) is 8.93. The summed E-state index contributed by atoms with van der Waals surface area (Å²) in [5, 5.41) is 11.3. The first-order valence-electron chi connectivity index (χ1n) is 4.75. The van der Waals surface area contributed by atoms with Crippen molar-refractivity contribution >= 4 is 22.9 Å². The van der Waals surface area contributed by atoms with Gasteiger partial charge in [0.1, 0.15) is 0 Å². The summed E-state index contributed by atoms with van der Waals surface area (Å²) in [4.78, 5) is 21.1. The lowest BCUT2D eigenvalue weighted by atomic mass is 10.1. The van der Waals surface area contributed by atoms with Crippen LogP contribution < -0.4 is 0 Å². The van der Waals surface area contributed by atoms with Gasteiger partial charge < -0.3 is 4.57 Å². The Morgan fingerprint density at radius 3 is 2.69 bits per heavy atom. The molecule has 0 bridgehead atoms. The first-order chi connectivity index (χ1) is 7.56. The van der Waals surface area contributed by atoms with Gasteiger partial charge in [0, 0.05) is 41.3 Å². The molecule has 2 aromatic rings. The fourth-order valence-electron chi connectivity index (χ4n) is 1.85. The molecule has 5 heteroatoms. The Morgan fingerprint density at radius 1 is 1.44 bits per heavy atom. The number of carbonyl (C=O) groups is 1. The van der Waals surface area contributed by atoms with Crippen molar-refractivity contribution in [1.82, 2.24) is 4.57 Å². The number of hydrogen-bond donors (Lipinski definition) is 0. The Kier molecular flexibility index (Phi) is 2.23. The highest BCUT2D eigenvalue weighted by Crippen LogP contribution is 2.27. The molecular weight excluding hydrogens is 208 g/mol. The van der Waals surface area contributed by atoms with E-state index in [2.05, 4.69) is 0 Å². The Bertz CT molecular complexity index is 599. The van der Waals surface area contributed by atoms with E-state index in [0.29, 0.717) is 10.9 Å². The molecule has 0 fully saturated rings. The van der Waals surface area contributed by atoms with Crippen LogP contribution in [0.25, 0.3) is 10.9 Å². The SMILES string of the molecule is Cc1c(C=O)c2cc([N+](=O)[O-])ccc2n1C. The predicted molar refractivity (Wildman–Crippen MR) is 59.7 cm³/mol. The average Bonchev–Trinajstić information content (AvgIpc) is 2.51. The van der Waals surface area contributed by atoms with Gasteiger partial charge in [0.05, 0.1) is 4.92 Å². The highest BCUT2D eigenvalue weighted by atomic mass is 16.6. The maximum Gasteiger partial charge on any atom is 0.270 e. The third-order valence-electron chi connectivity index (χ3n) is 2.85. The maximum absolute atomic E-state index is 11.0. The number of aromatic nitrogens is 1. The van der Waals surface area contributed by atoms with Gasteiger partial charge in [-0.05, 0) is 13.0 Å². The minimum atomic E-state index is -0.462. The molecule has 0 radical (unpaired) electrons. The molecule has 1 aromatic heterocycles. The Balaban J connectivity index is 2.86. The van der Waals surface area contributed by atoms with Gasteiger partial charge in [0.25, 0.3) is 5.69 Å². The zero-order valence-electron chi connectivity index (χ0n) is 8.93. The van der Waals surface area contributed by atoms with Gasteiger partial charge in [-0.1, -0.05) is 0 Å². The third kappa shape index (κ3) is 1.29. The van der Waals surface area contributed by atoms with Crippen LogP contribution in [0, 0.1) is 17.0 Å². The lowest BCUT2D eigenvalue weighted by Crippen LogP contribution is -1.91. The van der Waals surface area contributed by atoms with Crippen LogP contribution in [0.5, 0.6) is 0 Å². The second-order valence-corrected chi connectivity index (χ2v) is 3.63. The van der Waals surface area contributed by atoms with Crippen molar-refractivity contribution in [1.29, 1.82) is 0 Å². The highest BCUT2D eigenvalue weighted by molar-refractivity contribution is 6.00. The van der Waals surface area contributed by atoms with Crippen molar-refractivity contribution < 1.29 is 9.72 Å². The molecule has 0 aliphatic heterocycles. The molecule has 1 heterocycles. The molecule has 0 N–H and O–H groups in total. The number of rotatable bonds is 2. The second-order valence-electron chi connectivity index (χ2n) is 3.63. The van der Waals surface area contributed by atoms with Crippen LogP contribution in [-0.4, -0.2) is 15.8 Å². The molecule has 0 atom stereocenters. The van der Waals surface area contributed by atoms with Gasteiger partial charge in [-0.25, -0.2) is 0 Å². The summed E-state index contributed by atoms with van der Waals surface area (Å²) in [5.74, 6) is 0. The summed E-state index contributed by atoms with van der Waals surface area (Å²) in [5.41, 5.74) is 2.15. The molecule has 0 spiro atoms. The van der Waals surface area contributed by atoms with Gasteiger partial charge in [0.2, 0.25) is 0 Å². The number of carbonyl (C=O) groups excluding carboxylic acids is 1. The maximum atomic E-state index is 11.0. The van der Waals surface area contributed by atoms with Crippen LogP contribution in [-0.2, 0) is 7.05 Å². The Hall–Kier alpha value is -2.17. The summed E-state index contributed by atoms with van der Waals surface area (Å²) in [6.45, 7) is 1.82. The number of benzene rings is 1. The smallest absolute Gasteiger partial charge is 0.270 e. The number of fused-ring (bicyclic) bond motifs is 1. The lowest BCUT2D eigenvalue weighted by Gasteiger charge is -1.97. The van der Waals surface area contributed by atoms with Crippen molar-refractivity contribution in [3.05, 3.63) is 39.6 Å². The number of non-ortho nitro benzene ring substituents is 1. The standard InChI is InChI=1S/C11H10N2O3/c1-7-10(6-14)9-5-8(13(15)16)3-4-11(9)12(7)2/h3-6H,1-2H3. The van der Waals surface area contributed by atoms with Crippen molar-refractivity contribution in [2.24, 2.45) is 7.05 Å². The first kappa shape index (κ1) is 10.4. The highest BCUT2D eigenvalue weighted by Gasteiger charge is 2.14. The minimum absolute atomic E-state index is 0.00111. The van der Waals surface area contributed by atoms with E-state index in [-0.39, 0.29) is 5.69 Å². The summed E-state index contributed by atoms with van der Waals surface area (Å²) >= 11 is 0. The van der Waals surface area contributed by atoms with Crippen LogP contribution >= 0.6 is 0 Å². The van der Waals surface area contributed by atoms with E-state index < -0.39 is 4.92 Å². The molecule has 0 aliphatic rings. The molecule has 5 nitrogen and oxygen atoms in total. The average molecular weight is 218 g/mol. The van der Waals surface area contributed by atoms with E-state index in [1.807, 2.05) is 18.5 Å². The molecule has 0 saturated carbocycles. The summed E-state index contributed by atoms with van der Waals surface area (Å²) < 4.78 is 1.85. The molecular formula is C11H10N2O3. The third-order valence-corrected chi connectivity index (χ3v) is 2.85. The number of nitro benzene ring substituents is 1.